The van der Waals surface area contributed by atoms with Gasteiger partial charge in [-0.15, -0.1) is 12.4 Å². The smallest absolute Gasteiger partial charge is 0.280 e. The van der Waals surface area contributed by atoms with Gasteiger partial charge in [-0.2, -0.15) is 4.98 Å². The zero-order valence-corrected chi connectivity index (χ0v) is 15.3. The topological polar surface area (TPSA) is 109 Å². The quantitative estimate of drug-likeness (QED) is 0.725. The highest BCUT2D eigenvalue weighted by molar-refractivity contribution is 5.85. The maximum absolute atomic E-state index is 6.41. The van der Waals surface area contributed by atoms with Crippen molar-refractivity contribution in [2.75, 3.05) is 13.2 Å². The molecule has 1 aliphatic carbocycles. The van der Waals surface area contributed by atoms with Crippen LogP contribution in [0.4, 0.5) is 0 Å². The van der Waals surface area contributed by atoms with Crippen molar-refractivity contribution in [3.63, 3.8) is 0 Å². The summed E-state index contributed by atoms with van der Waals surface area (Å²) in [4.78, 5) is 8.76. The van der Waals surface area contributed by atoms with Crippen LogP contribution in [0, 0.1) is 0 Å². The highest BCUT2D eigenvalue weighted by Gasteiger charge is 2.36. The molecular formula is C18H19ClN4O4. The zero-order chi connectivity index (χ0) is 17.6. The Hall–Kier alpha value is -2.58. The second-order valence-corrected chi connectivity index (χ2v) is 6.67. The van der Waals surface area contributed by atoms with Crippen molar-refractivity contribution in [3.8, 4) is 34.4 Å². The van der Waals surface area contributed by atoms with E-state index in [1.165, 1.54) is 6.39 Å². The Morgan fingerprint density at radius 2 is 1.81 bits per heavy atom. The first-order valence-corrected chi connectivity index (χ1v) is 8.70. The fraction of sp³-hybridized carbons (Fsp3) is 0.389. The second-order valence-electron chi connectivity index (χ2n) is 6.67. The number of ether oxygens (including phenoxy) is 2. The van der Waals surface area contributed by atoms with Gasteiger partial charge in [-0.25, -0.2) is 4.98 Å². The van der Waals surface area contributed by atoms with E-state index in [4.69, 9.17) is 24.1 Å². The molecule has 5 rings (SSSR count). The summed E-state index contributed by atoms with van der Waals surface area (Å²) >= 11 is 0. The van der Waals surface area contributed by atoms with Crippen molar-refractivity contribution >= 4 is 12.4 Å². The van der Waals surface area contributed by atoms with Crippen LogP contribution in [-0.4, -0.2) is 28.3 Å². The van der Waals surface area contributed by atoms with Gasteiger partial charge in [0.1, 0.15) is 13.2 Å². The van der Waals surface area contributed by atoms with Gasteiger partial charge >= 0.3 is 0 Å². The summed E-state index contributed by atoms with van der Waals surface area (Å²) in [5.41, 5.74) is 7.19. The molecule has 1 fully saturated rings. The summed E-state index contributed by atoms with van der Waals surface area (Å²) in [5, 5.41) is 4.09. The van der Waals surface area contributed by atoms with Crippen LogP contribution >= 0.6 is 12.4 Å². The van der Waals surface area contributed by atoms with Crippen LogP contribution in [0.1, 0.15) is 31.5 Å². The largest absolute Gasteiger partial charge is 0.486 e. The van der Waals surface area contributed by atoms with E-state index in [-0.39, 0.29) is 12.4 Å². The van der Waals surface area contributed by atoms with E-state index < -0.39 is 5.54 Å². The molecule has 1 aromatic carbocycles. The van der Waals surface area contributed by atoms with Crippen LogP contribution in [0.5, 0.6) is 11.5 Å². The zero-order valence-electron chi connectivity index (χ0n) is 14.5. The molecule has 2 aromatic heterocycles. The standard InChI is InChI=1S/C18H18N4O4.ClH/c19-18(5-1-2-6-18)17-21-16(26-22-17)14-15(25-10-20-14)11-3-4-12-13(9-11)24-8-7-23-12;/h3-4,9-10H,1-2,5-8,19H2;1H. The van der Waals surface area contributed by atoms with Gasteiger partial charge < -0.3 is 24.1 Å². The van der Waals surface area contributed by atoms with E-state index in [1.807, 2.05) is 18.2 Å². The van der Waals surface area contributed by atoms with Gasteiger partial charge in [0, 0.05) is 5.56 Å². The fourth-order valence-corrected chi connectivity index (χ4v) is 3.54. The van der Waals surface area contributed by atoms with E-state index in [9.17, 15) is 0 Å². The van der Waals surface area contributed by atoms with Crippen molar-refractivity contribution in [3.05, 3.63) is 30.4 Å². The number of nitrogens with zero attached hydrogens (tertiary/aromatic N) is 3. The van der Waals surface area contributed by atoms with E-state index in [2.05, 4.69) is 15.1 Å². The molecule has 1 aliphatic heterocycles. The maximum atomic E-state index is 6.41. The van der Waals surface area contributed by atoms with Crippen molar-refractivity contribution < 1.29 is 18.4 Å². The van der Waals surface area contributed by atoms with Crippen molar-refractivity contribution in [2.24, 2.45) is 5.73 Å². The molecule has 142 valence electrons. The predicted molar refractivity (Wildman–Crippen MR) is 97.8 cm³/mol. The molecule has 0 amide bonds. The Bertz CT molecular complexity index is 948. The number of oxazole rings is 1. The second kappa shape index (κ2) is 6.86. The molecule has 0 atom stereocenters. The molecular weight excluding hydrogens is 372 g/mol. The van der Waals surface area contributed by atoms with Crippen LogP contribution in [-0.2, 0) is 5.54 Å². The fourth-order valence-electron chi connectivity index (χ4n) is 3.54. The number of nitrogens with two attached hydrogens (primary N) is 1. The average molecular weight is 391 g/mol. The Morgan fingerprint density at radius 3 is 2.63 bits per heavy atom. The SMILES string of the molecule is Cl.NC1(c2noc(-c3ncoc3-c3ccc4c(c3)OCCO4)n2)CCCC1. The first kappa shape index (κ1) is 17.8. The van der Waals surface area contributed by atoms with Gasteiger partial charge in [0.15, 0.2) is 35.2 Å². The Balaban J connectivity index is 0.00000180. The maximum Gasteiger partial charge on any atom is 0.280 e. The first-order valence-electron chi connectivity index (χ1n) is 8.70. The van der Waals surface area contributed by atoms with Gasteiger partial charge in [0.25, 0.3) is 5.89 Å². The minimum absolute atomic E-state index is 0. The van der Waals surface area contributed by atoms with Crippen LogP contribution in [0.15, 0.2) is 33.5 Å². The summed E-state index contributed by atoms with van der Waals surface area (Å²) in [5.74, 6) is 2.76. The molecule has 3 aromatic rings. The van der Waals surface area contributed by atoms with Crippen LogP contribution in [0.2, 0.25) is 0 Å². The monoisotopic (exact) mass is 390 g/mol. The van der Waals surface area contributed by atoms with Crippen molar-refractivity contribution in [1.82, 2.24) is 15.1 Å². The molecule has 0 unspecified atom stereocenters. The lowest BCUT2D eigenvalue weighted by atomic mass is 9.99. The van der Waals surface area contributed by atoms with Crippen LogP contribution < -0.4 is 15.2 Å². The third-order valence-corrected chi connectivity index (χ3v) is 4.94. The summed E-state index contributed by atoms with van der Waals surface area (Å²) in [6.45, 7) is 1.07. The third-order valence-electron chi connectivity index (χ3n) is 4.94. The normalized spacial score (nSPS) is 17.5. The van der Waals surface area contributed by atoms with Gasteiger partial charge in [0.05, 0.1) is 5.54 Å². The summed E-state index contributed by atoms with van der Waals surface area (Å²) < 4.78 is 22.2. The number of benzene rings is 1. The molecule has 27 heavy (non-hydrogen) atoms. The summed E-state index contributed by atoms with van der Waals surface area (Å²) in [6, 6.07) is 5.59. The van der Waals surface area contributed by atoms with Crippen LogP contribution in [0.3, 0.4) is 0 Å². The van der Waals surface area contributed by atoms with Gasteiger partial charge in [-0.05, 0) is 31.0 Å². The van der Waals surface area contributed by atoms with Gasteiger partial charge in [-0.3, -0.25) is 0 Å². The number of hydrogen-bond donors (Lipinski definition) is 1. The molecule has 0 radical (unpaired) electrons. The highest BCUT2D eigenvalue weighted by atomic mass is 35.5. The molecule has 0 saturated heterocycles. The lowest BCUT2D eigenvalue weighted by molar-refractivity contribution is 0.171. The lowest BCUT2D eigenvalue weighted by Crippen LogP contribution is -2.34. The predicted octanol–water partition coefficient (Wildman–Crippen LogP) is 3.31. The van der Waals surface area contributed by atoms with Crippen LogP contribution in [0.25, 0.3) is 22.9 Å². The molecule has 0 bridgehead atoms. The minimum Gasteiger partial charge on any atom is -0.486 e. The first-order chi connectivity index (χ1) is 12.7. The molecule has 2 N–H and O–H groups in total. The average Bonchev–Trinajstić information content (AvgIpc) is 3.41. The molecule has 3 heterocycles. The van der Waals surface area contributed by atoms with E-state index in [0.29, 0.717) is 47.9 Å². The summed E-state index contributed by atoms with van der Waals surface area (Å²) in [6.07, 6.45) is 5.23. The lowest BCUT2D eigenvalue weighted by Gasteiger charge is -2.18. The van der Waals surface area contributed by atoms with Gasteiger partial charge in [-0.1, -0.05) is 18.0 Å². The Kier molecular flexibility index (Phi) is 4.53. The third kappa shape index (κ3) is 3.04. The van der Waals surface area contributed by atoms with Gasteiger partial charge in [0.2, 0.25) is 0 Å². The number of rotatable bonds is 3. The minimum atomic E-state index is -0.511. The van der Waals surface area contributed by atoms with Crippen molar-refractivity contribution in [2.45, 2.75) is 31.2 Å². The highest BCUT2D eigenvalue weighted by Crippen LogP contribution is 2.39. The molecule has 1 saturated carbocycles. The number of halogens is 1. The number of fused-ring (bicyclic) bond motifs is 1. The van der Waals surface area contributed by atoms with Crippen molar-refractivity contribution in [1.29, 1.82) is 0 Å². The molecule has 2 aliphatic rings. The molecule has 9 heteroatoms. The van der Waals surface area contributed by atoms with E-state index >= 15 is 0 Å². The Morgan fingerprint density at radius 1 is 1.04 bits per heavy atom. The molecule has 0 spiro atoms. The summed E-state index contributed by atoms with van der Waals surface area (Å²) in [7, 11) is 0. The van der Waals surface area contributed by atoms with E-state index in [0.717, 1.165) is 31.2 Å². The Labute approximate surface area is 161 Å². The number of aromatic nitrogens is 3. The number of hydrogen-bond acceptors (Lipinski definition) is 8. The van der Waals surface area contributed by atoms with E-state index in [1.54, 1.807) is 0 Å². The molecule has 8 nitrogen and oxygen atoms in total.